The van der Waals surface area contributed by atoms with Gasteiger partial charge < -0.3 is 0 Å². The van der Waals surface area contributed by atoms with Crippen molar-refractivity contribution in [1.29, 1.82) is 0 Å². The first-order valence-electron chi connectivity index (χ1n) is 2.49. The van der Waals surface area contributed by atoms with Crippen LogP contribution < -0.4 is 0 Å². The Morgan fingerprint density at radius 3 is 3.44 bits per heavy atom. The van der Waals surface area contributed by atoms with E-state index >= 15 is 0 Å². The van der Waals surface area contributed by atoms with Crippen LogP contribution in [0.2, 0.25) is 0 Å². The van der Waals surface area contributed by atoms with E-state index in [0.29, 0.717) is 5.65 Å². The molecule has 0 atom stereocenters. The Labute approximate surface area is 51.2 Å². The minimum atomic E-state index is 0.650. The Hall–Kier alpha value is -1.45. The highest BCUT2D eigenvalue weighted by Crippen LogP contribution is 1.89. The fraction of sp³-hybridized carbons (Fsp3) is 0. The van der Waals surface area contributed by atoms with Gasteiger partial charge in [-0.3, -0.25) is 0 Å². The highest BCUT2D eigenvalue weighted by Gasteiger charge is 1.89. The zero-order valence-electron chi connectivity index (χ0n) is 4.52. The quantitative estimate of drug-likeness (QED) is 0.487. The van der Waals surface area contributed by atoms with Crippen molar-refractivity contribution in [3.05, 3.63) is 24.9 Å². The van der Waals surface area contributed by atoms with Gasteiger partial charge >= 0.3 is 0 Å². The molecule has 0 bridgehead atoms. The van der Waals surface area contributed by atoms with Crippen LogP contribution in [0.5, 0.6) is 0 Å². The summed E-state index contributed by atoms with van der Waals surface area (Å²) in [6.45, 7) is 0. The van der Waals surface area contributed by atoms with Crippen molar-refractivity contribution in [3.8, 4) is 0 Å². The van der Waals surface area contributed by atoms with Gasteiger partial charge in [-0.05, 0) is 0 Å². The number of nitrogens with zero attached hydrogens (tertiary/aromatic N) is 4. The van der Waals surface area contributed by atoms with Gasteiger partial charge in [-0.25, -0.2) is 14.5 Å². The van der Waals surface area contributed by atoms with Crippen LogP contribution in [0.3, 0.4) is 0 Å². The number of fused-ring (bicyclic) bond motifs is 1. The maximum absolute atomic E-state index is 3.85. The number of hydrogen-bond donors (Lipinski definition) is 0. The summed E-state index contributed by atoms with van der Waals surface area (Å²) in [5, 5.41) is 3.85. The standard InChI is InChI=1S/C5H3N4/c1-2-9-5(3-6-1)7-4-8-9/h1-2,4H. The lowest BCUT2D eigenvalue weighted by molar-refractivity contribution is 0.944. The van der Waals surface area contributed by atoms with E-state index in [1.807, 2.05) is 0 Å². The highest BCUT2D eigenvalue weighted by atomic mass is 15.3. The molecule has 4 nitrogen and oxygen atoms in total. The van der Waals surface area contributed by atoms with Crippen LogP contribution in [0.4, 0.5) is 0 Å². The lowest BCUT2D eigenvalue weighted by Gasteiger charge is -1.83. The maximum Gasteiger partial charge on any atom is 0.183 e. The molecule has 0 N–H and O–H groups in total. The normalized spacial score (nSPS) is 10.2. The summed E-state index contributed by atoms with van der Waals surface area (Å²) < 4.78 is 1.60. The van der Waals surface area contributed by atoms with Gasteiger partial charge in [-0.15, -0.1) is 0 Å². The van der Waals surface area contributed by atoms with Crippen molar-refractivity contribution in [2.45, 2.75) is 0 Å². The summed E-state index contributed by atoms with van der Waals surface area (Å²) in [6, 6.07) is 0. The second-order valence-electron chi connectivity index (χ2n) is 1.57. The molecule has 0 saturated heterocycles. The highest BCUT2D eigenvalue weighted by molar-refractivity contribution is 5.29. The average molecular weight is 119 g/mol. The molecule has 0 aromatic carbocycles. The van der Waals surface area contributed by atoms with Crippen LogP contribution in [0.1, 0.15) is 0 Å². The first kappa shape index (κ1) is 4.43. The van der Waals surface area contributed by atoms with Crippen molar-refractivity contribution in [2.24, 2.45) is 0 Å². The van der Waals surface area contributed by atoms with Crippen LogP contribution in [0, 0.1) is 6.20 Å². The Morgan fingerprint density at radius 2 is 2.56 bits per heavy atom. The van der Waals surface area contributed by atoms with Crippen molar-refractivity contribution >= 4 is 5.65 Å². The molecule has 1 radical (unpaired) electrons. The van der Waals surface area contributed by atoms with Crippen molar-refractivity contribution in [1.82, 2.24) is 19.6 Å². The summed E-state index contributed by atoms with van der Waals surface area (Å²) in [6.07, 6.45) is 7.47. The predicted octanol–water partition coefficient (Wildman–Crippen LogP) is -0.0755. The zero-order valence-corrected chi connectivity index (χ0v) is 4.52. The molecule has 0 saturated carbocycles. The fourth-order valence-electron chi connectivity index (χ4n) is 0.631. The van der Waals surface area contributed by atoms with Crippen LogP contribution in [0.25, 0.3) is 5.65 Å². The molecule has 0 aliphatic heterocycles. The number of rotatable bonds is 0. The van der Waals surface area contributed by atoms with E-state index in [9.17, 15) is 0 Å². The van der Waals surface area contributed by atoms with Crippen molar-refractivity contribution < 1.29 is 0 Å². The van der Waals surface area contributed by atoms with Crippen molar-refractivity contribution in [3.63, 3.8) is 0 Å². The monoisotopic (exact) mass is 119 g/mol. The van der Waals surface area contributed by atoms with Crippen LogP contribution >= 0.6 is 0 Å². The van der Waals surface area contributed by atoms with E-state index < -0.39 is 0 Å². The first-order chi connectivity index (χ1) is 4.47. The topological polar surface area (TPSA) is 43.1 Å². The fourth-order valence-corrected chi connectivity index (χ4v) is 0.631. The lowest BCUT2D eigenvalue weighted by Crippen LogP contribution is -1.85. The average Bonchev–Trinajstić information content (AvgIpc) is 2.33. The second-order valence-corrected chi connectivity index (χ2v) is 1.57. The Kier molecular flexibility index (Phi) is 0.745. The summed E-state index contributed by atoms with van der Waals surface area (Å²) in [5.41, 5.74) is 0.650. The number of hydrogen-bond acceptors (Lipinski definition) is 3. The third-order valence-corrected chi connectivity index (χ3v) is 1.02. The maximum atomic E-state index is 3.85. The number of aromatic nitrogens is 4. The lowest BCUT2D eigenvalue weighted by atomic mass is 10.7. The Balaban J connectivity index is 2.95. The molecule has 43 valence electrons. The van der Waals surface area contributed by atoms with Gasteiger partial charge in [0.2, 0.25) is 0 Å². The molecule has 2 aromatic rings. The van der Waals surface area contributed by atoms with Gasteiger partial charge in [0.1, 0.15) is 12.5 Å². The van der Waals surface area contributed by atoms with Crippen molar-refractivity contribution in [2.75, 3.05) is 0 Å². The van der Waals surface area contributed by atoms with Gasteiger partial charge in [-0.2, -0.15) is 5.10 Å². The third kappa shape index (κ3) is 0.561. The molecule has 2 aromatic heterocycles. The van der Waals surface area contributed by atoms with Crippen LogP contribution in [-0.4, -0.2) is 19.6 Å². The molecular weight excluding hydrogens is 116 g/mol. The SMILES string of the molecule is [c]1nccn2ncnc12. The summed E-state index contributed by atoms with van der Waals surface area (Å²) in [4.78, 5) is 7.59. The van der Waals surface area contributed by atoms with E-state index in [1.165, 1.54) is 6.33 Å². The largest absolute Gasteiger partial charge is 0.249 e. The van der Waals surface area contributed by atoms with Gasteiger partial charge in [0.15, 0.2) is 5.65 Å². The molecule has 4 heteroatoms. The molecule has 0 spiro atoms. The van der Waals surface area contributed by atoms with Gasteiger partial charge in [0, 0.05) is 12.4 Å². The predicted molar refractivity (Wildman–Crippen MR) is 29.6 cm³/mol. The van der Waals surface area contributed by atoms with E-state index in [-0.39, 0.29) is 0 Å². The molecule has 2 rings (SSSR count). The molecule has 0 fully saturated rings. The molecule has 0 unspecified atom stereocenters. The summed E-state index contributed by atoms with van der Waals surface area (Å²) >= 11 is 0. The Morgan fingerprint density at radius 1 is 1.56 bits per heavy atom. The molecule has 2 heterocycles. The van der Waals surface area contributed by atoms with Gasteiger partial charge in [0.05, 0.1) is 0 Å². The molecule has 0 aliphatic carbocycles. The summed E-state index contributed by atoms with van der Waals surface area (Å²) in [5.74, 6) is 0. The molecule has 0 amide bonds. The van der Waals surface area contributed by atoms with E-state index in [1.54, 1.807) is 16.9 Å². The van der Waals surface area contributed by atoms with E-state index in [4.69, 9.17) is 0 Å². The minimum absolute atomic E-state index is 0.650. The van der Waals surface area contributed by atoms with Crippen LogP contribution in [0.15, 0.2) is 18.7 Å². The first-order valence-corrected chi connectivity index (χ1v) is 2.49. The molecular formula is C5H3N4. The summed E-state index contributed by atoms with van der Waals surface area (Å²) in [7, 11) is 0. The van der Waals surface area contributed by atoms with Gasteiger partial charge in [0.25, 0.3) is 0 Å². The van der Waals surface area contributed by atoms with E-state index in [0.717, 1.165) is 0 Å². The third-order valence-electron chi connectivity index (χ3n) is 1.02. The van der Waals surface area contributed by atoms with Gasteiger partial charge in [-0.1, -0.05) is 0 Å². The molecule has 0 aliphatic rings. The second kappa shape index (κ2) is 1.51. The minimum Gasteiger partial charge on any atom is -0.249 e. The smallest absolute Gasteiger partial charge is 0.183 e. The van der Waals surface area contributed by atoms with Crippen LogP contribution in [-0.2, 0) is 0 Å². The molecule has 9 heavy (non-hydrogen) atoms. The zero-order chi connectivity index (χ0) is 6.10. The Bertz CT molecular complexity index is 283. The van der Waals surface area contributed by atoms with E-state index in [2.05, 4.69) is 21.3 Å².